The number of aliphatic carboxylic acids is 1. The van der Waals surface area contributed by atoms with Crippen LogP contribution in [0.1, 0.15) is 28.9 Å². The fourth-order valence-corrected chi connectivity index (χ4v) is 4.19. The van der Waals surface area contributed by atoms with Crippen LogP contribution in [0.5, 0.6) is 0 Å². The molecule has 1 aliphatic heterocycles. The van der Waals surface area contributed by atoms with Gasteiger partial charge >= 0.3 is 5.97 Å². The normalized spacial score (nSPS) is 16.4. The van der Waals surface area contributed by atoms with Crippen molar-refractivity contribution in [3.05, 3.63) is 46.7 Å². The molecule has 132 valence electrons. The molecule has 0 saturated carbocycles. The van der Waals surface area contributed by atoms with E-state index in [4.69, 9.17) is 11.6 Å². The van der Waals surface area contributed by atoms with Gasteiger partial charge in [0.1, 0.15) is 5.54 Å². The van der Waals surface area contributed by atoms with Gasteiger partial charge in [0.2, 0.25) is 0 Å². The van der Waals surface area contributed by atoms with E-state index in [2.05, 4.69) is 10.4 Å². The number of carbonyl (C=O) groups excluding carboxylic acids is 1. The van der Waals surface area contributed by atoms with Crippen molar-refractivity contribution in [1.82, 2.24) is 15.1 Å². The lowest BCUT2D eigenvalue weighted by Crippen LogP contribution is -2.56. The Hall–Kier alpha value is -1.99. The second-order valence-electron chi connectivity index (χ2n) is 5.99. The molecule has 1 aliphatic rings. The average molecular weight is 380 g/mol. The molecule has 1 aromatic carbocycles. The van der Waals surface area contributed by atoms with Crippen LogP contribution < -0.4 is 5.32 Å². The van der Waals surface area contributed by atoms with Gasteiger partial charge in [-0.2, -0.15) is 16.9 Å². The first-order chi connectivity index (χ1) is 11.9. The van der Waals surface area contributed by atoms with Gasteiger partial charge in [0, 0.05) is 5.02 Å². The van der Waals surface area contributed by atoms with Gasteiger partial charge in [-0.05, 0) is 55.5 Å². The van der Waals surface area contributed by atoms with Gasteiger partial charge < -0.3 is 10.4 Å². The van der Waals surface area contributed by atoms with Crippen LogP contribution in [-0.4, -0.2) is 43.8 Å². The lowest BCUT2D eigenvalue weighted by Gasteiger charge is -2.33. The first kappa shape index (κ1) is 17.8. The minimum Gasteiger partial charge on any atom is -0.480 e. The highest BCUT2D eigenvalue weighted by molar-refractivity contribution is 7.99. The molecule has 0 spiro atoms. The molecular weight excluding hydrogens is 362 g/mol. The maximum absolute atomic E-state index is 12.7. The number of hydrogen-bond donors (Lipinski definition) is 2. The third kappa shape index (κ3) is 3.52. The Kier molecular flexibility index (Phi) is 5.06. The summed E-state index contributed by atoms with van der Waals surface area (Å²) in [6.45, 7) is 1.78. The third-order valence-corrected chi connectivity index (χ3v) is 5.67. The zero-order chi connectivity index (χ0) is 18.0. The molecule has 0 radical (unpaired) electrons. The van der Waals surface area contributed by atoms with E-state index in [-0.39, 0.29) is 0 Å². The second-order valence-corrected chi connectivity index (χ2v) is 7.65. The van der Waals surface area contributed by atoms with Crippen LogP contribution in [0.25, 0.3) is 5.69 Å². The van der Waals surface area contributed by atoms with Crippen LogP contribution in [-0.2, 0) is 4.79 Å². The van der Waals surface area contributed by atoms with Crippen molar-refractivity contribution in [2.24, 2.45) is 0 Å². The number of rotatable bonds is 4. The molecule has 0 unspecified atom stereocenters. The number of carboxylic acids is 1. The molecule has 25 heavy (non-hydrogen) atoms. The van der Waals surface area contributed by atoms with Gasteiger partial charge in [0.05, 0.1) is 23.1 Å². The lowest BCUT2D eigenvalue weighted by molar-refractivity contribution is -0.144. The summed E-state index contributed by atoms with van der Waals surface area (Å²) >= 11 is 7.60. The highest BCUT2D eigenvalue weighted by Crippen LogP contribution is 2.28. The van der Waals surface area contributed by atoms with E-state index in [1.54, 1.807) is 47.6 Å². The number of carboxylic acid groups (broad SMARTS) is 1. The van der Waals surface area contributed by atoms with Crippen molar-refractivity contribution in [3.8, 4) is 5.69 Å². The largest absolute Gasteiger partial charge is 0.480 e. The summed E-state index contributed by atoms with van der Waals surface area (Å²) in [7, 11) is 0. The summed E-state index contributed by atoms with van der Waals surface area (Å²) in [5.41, 5.74) is 0.597. The Morgan fingerprint density at radius 2 is 1.92 bits per heavy atom. The van der Waals surface area contributed by atoms with Gasteiger partial charge in [0.25, 0.3) is 5.91 Å². The smallest absolute Gasteiger partial charge is 0.329 e. The molecule has 3 rings (SSSR count). The van der Waals surface area contributed by atoms with E-state index in [1.807, 2.05) is 0 Å². The Balaban J connectivity index is 1.85. The average Bonchev–Trinajstić information content (AvgIpc) is 2.98. The summed E-state index contributed by atoms with van der Waals surface area (Å²) in [6.07, 6.45) is 2.30. The fraction of sp³-hybridized carbons (Fsp3) is 0.353. The van der Waals surface area contributed by atoms with Gasteiger partial charge in [-0.25, -0.2) is 9.48 Å². The number of benzene rings is 1. The molecule has 0 atom stereocenters. The van der Waals surface area contributed by atoms with E-state index in [0.717, 1.165) is 17.2 Å². The summed E-state index contributed by atoms with van der Waals surface area (Å²) in [5.74, 6) is 0.0430. The monoisotopic (exact) mass is 379 g/mol. The minimum atomic E-state index is -1.20. The molecule has 1 fully saturated rings. The van der Waals surface area contributed by atoms with E-state index in [9.17, 15) is 14.7 Å². The number of halogens is 1. The van der Waals surface area contributed by atoms with E-state index in [1.165, 1.54) is 6.20 Å². The highest BCUT2D eigenvalue weighted by atomic mass is 35.5. The third-order valence-electron chi connectivity index (χ3n) is 4.43. The van der Waals surface area contributed by atoms with Crippen LogP contribution >= 0.6 is 23.4 Å². The van der Waals surface area contributed by atoms with Gasteiger partial charge in [-0.3, -0.25) is 4.79 Å². The van der Waals surface area contributed by atoms with Crippen LogP contribution in [0.4, 0.5) is 0 Å². The first-order valence-corrected chi connectivity index (χ1v) is 9.40. The number of amides is 1. The van der Waals surface area contributed by atoms with E-state index in [0.29, 0.717) is 29.1 Å². The number of nitrogens with zero attached hydrogens (tertiary/aromatic N) is 2. The number of nitrogens with one attached hydrogen (secondary N) is 1. The van der Waals surface area contributed by atoms with E-state index >= 15 is 0 Å². The Bertz CT molecular complexity index is 798. The maximum atomic E-state index is 12.7. The van der Waals surface area contributed by atoms with Crippen molar-refractivity contribution >= 4 is 35.2 Å². The van der Waals surface area contributed by atoms with Crippen molar-refractivity contribution in [3.63, 3.8) is 0 Å². The molecule has 2 N–H and O–H groups in total. The Morgan fingerprint density at radius 3 is 2.52 bits per heavy atom. The zero-order valence-corrected chi connectivity index (χ0v) is 15.2. The quantitative estimate of drug-likeness (QED) is 0.853. The predicted octanol–water partition coefficient (Wildman–Crippen LogP) is 2.91. The van der Waals surface area contributed by atoms with Crippen LogP contribution in [0.15, 0.2) is 30.5 Å². The number of carbonyl (C=O) groups is 2. The molecule has 6 nitrogen and oxygen atoms in total. The second kappa shape index (κ2) is 7.09. The van der Waals surface area contributed by atoms with Crippen molar-refractivity contribution in [1.29, 1.82) is 0 Å². The van der Waals surface area contributed by atoms with Crippen molar-refractivity contribution < 1.29 is 14.7 Å². The Labute approximate surface area is 154 Å². The summed E-state index contributed by atoms with van der Waals surface area (Å²) in [5, 5.41) is 17.2. The molecule has 1 saturated heterocycles. The minimum absolute atomic E-state index is 0.369. The molecule has 0 aliphatic carbocycles. The molecule has 1 amide bonds. The summed E-state index contributed by atoms with van der Waals surface area (Å²) in [4.78, 5) is 24.4. The predicted molar refractivity (Wildman–Crippen MR) is 97.7 cm³/mol. The molecule has 8 heteroatoms. The summed E-state index contributed by atoms with van der Waals surface area (Å²) in [6, 6.07) is 7.11. The molecule has 2 heterocycles. The molecule has 0 bridgehead atoms. The van der Waals surface area contributed by atoms with Crippen LogP contribution in [0, 0.1) is 6.92 Å². The number of hydrogen-bond acceptors (Lipinski definition) is 4. The van der Waals surface area contributed by atoms with Crippen molar-refractivity contribution in [2.45, 2.75) is 25.3 Å². The molecular formula is C17H18ClN3O3S. The van der Waals surface area contributed by atoms with Crippen LogP contribution in [0.3, 0.4) is 0 Å². The first-order valence-electron chi connectivity index (χ1n) is 7.87. The number of thioether (sulfide) groups is 1. The Morgan fingerprint density at radius 1 is 1.28 bits per heavy atom. The zero-order valence-electron chi connectivity index (χ0n) is 13.7. The van der Waals surface area contributed by atoms with Crippen molar-refractivity contribution in [2.75, 3.05) is 11.5 Å². The highest BCUT2D eigenvalue weighted by Gasteiger charge is 2.41. The fourth-order valence-electron chi connectivity index (χ4n) is 2.87. The van der Waals surface area contributed by atoms with Gasteiger partial charge in [-0.15, -0.1) is 0 Å². The SMILES string of the molecule is Cc1c(C(=O)NC2(C(=O)O)CCSCC2)cnn1-c1ccc(Cl)cc1. The van der Waals surface area contributed by atoms with Gasteiger partial charge in [-0.1, -0.05) is 11.6 Å². The van der Waals surface area contributed by atoms with Crippen LogP contribution in [0.2, 0.25) is 5.02 Å². The lowest BCUT2D eigenvalue weighted by atomic mass is 9.92. The molecule has 1 aromatic heterocycles. The topological polar surface area (TPSA) is 84.2 Å². The molecule has 2 aromatic rings. The standard InChI is InChI=1S/C17H18ClN3O3S/c1-11-14(10-19-21(11)13-4-2-12(18)3-5-13)15(22)20-17(16(23)24)6-8-25-9-7-17/h2-5,10H,6-9H2,1H3,(H,20,22)(H,23,24). The number of aromatic nitrogens is 2. The maximum Gasteiger partial charge on any atom is 0.329 e. The van der Waals surface area contributed by atoms with E-state index < -0.39 is 17.4 Å². The van der Waals surface area contributed by atoms with Gasteiger partial charge in [0.15, 0.2) is 0 Å². The summed E-state index contributed by atoms with van der Waals surface area (Å²) < 4.78 is 1.63.